The number of nitrogens with zero attached hydrogens (tertiary/aromatic N) is 1. The number of benzene rings is 1. The molecule has 1 aromatic heterocycles. The highest BCUT2D eigenvalue weighted by Crippen LogP contribution is 2.37. The molecule has 0 spiro atoms. The Morgan fingerprint density at radius 1 is 1.29 bits per heavy atom. The Bertz CT molecular complexity index is 886. The molecule has 1 atom stereocenters. The summed E-state index contributed by atoms with van der Waals surface area (Å²) >= 11 is 0. The van der Waals surface area contributed by atoms with E-state index in [1.165, 1.54) is 17.0 Å². The SMILES string of the molecule is CN(CC1(O)CCc2ccccc21)C(=O)c1ccc(S(C)(=O)=O)o1. The zero-order chi connectivity index (χ0) is 17.5. The van der Waals surface area contributed by atoms with Gasteiger partial charge in [0, 0.05) is 13.3 Å². The fraction of sp³-hybridized carbons (Fsp3) is 0.353. The average molecular weight is 349 g/mol. The number of sulfone groups is 1. The lowest BCUT2D eigenvalue weighted by Crippen LogP contribution is -2.40. The molecule has 2 aromatic rings. The van der Waals surface area contributed by atoms with Crippen LogP contribution in [0, 0.1) is 0 Å². The fourth-order valence-electron chi connectivity index (χ4n) is 3.12. The van der Waals surface area contributed by atoms with Crippen molar-refractivity contribution in [2.24, 2.45) is 0 Å². The van der Waals surface area contributed by atoms with E-state index in [0.29, 0.717) is 6.42 Å². The monoisotopic (exact) mass is 349 g/mol. The van der Waals surface area contributed by atoms with Crippen LogP contribution in [0.2, 0.25) is 0 Å². The highest BCUT2D eigenvalue weighted by atomic mass is 32.2. The maximum absolute atomic E-state index is 12.5. The van der Waals surface area contributed by atoms with Crippen molar-refractivity contribution < 1.29 is 22.7 Å². The van der Waals surface area contributed by atoms with Gasteiger partial charge in [-0.1, -0.05) is 24.3 Å². The number of fused-ring (bicyclic) bond motifs is 1. The second-order valence-electron chi connectivity index (χ2n) is 6.24. The van der Waals surface area contributed by atoms with Gasteiger partial charge in [0.1, 0.15) is 5.60 Å². The van der Waals surface area contributed by atoms with E-state index in [-0.39, 0.29) is 17.4 Å². The van der Waals surface area contributed by atoms with Gasteiger partial charge in [-0.15, -0.1) is 0 Å². The molecule has 0 aliphatic heterocycles. The number of likely N-dealkylation sites (N-methyl/N-ethyl adjacent to an activating group) is 1. The number of carbonyl (C=O) groups is 1. The van der Waals surface area contributed by atoms with Gasteiger partial charge in [0.25, 0.3) is 5.91 Å². The molecule has 0 fully saturated rings. The maximum Gasteiger partial charge on any atom is 0.289 e. The molecule has 1 heterocycles. The van der Waals surface area contributed by atoms with Gasteiger partial charge in [-0.05, 0) is 36.1 Å². The first kappa shape index (κ1) is 16.7. The second-order valence-corrected chi connectivity index (χ2v) is 8.19. The summed E-state index contributed by atoms with van der Waals surface area (Å²) in [7, 11) is -1.94. The molecular formula is C17H19NO5S. The Balaban J connectivity index is 1.79. The Labute approximate surface area is 140 Å². The summed E-state index contributed by atoms with van der Waals surface area (Å²) in [5, 5.41) is 10.7. The summed E-state index contributed by atoms with van der Waals surface area (Å²) in [5.74, 6) is -0.532. The molecule has 0 bridgehead atoms. The Morgan fingerprint density at radius 2 is 2.00 bits per heavy atom. The van der Waals surface area contributed by atoms with Gasteiger partial charge in [-0.2, -0.15) is 0 Å². The maximum atomic E-state index is 12.5. The molecule has 6 nitrogen and oxygen atoms in total. The third-order valence-corrected chi connectivity index (χ3v) is 5.28. The van der Waals surface area contributed by atoms with E-state index >= 15 is 0 Å². The largest absolute Gasteiger partial charge is 0.440 e. The Hall–Kier alpha value is -2.12. The number of carbonyl (C=O) groups excluding carboxylic acids is 1. The molecule has 0 radical (unpaired) electrons. The van der Waals surface area contributed by atoms with Crippen molar-refractivity contribution in [1.82, 2.24) is 4.90 Å². The van der Waals surface area contributed by atoms with Gasteiger partial charge in [-0.25, -0.2) is 8.42 Å². The van der Waals surface area contributed by atoms with E-state index in [1.54, 1.807) is 7.05 Å². The van der Waals surface area contributed by atoms with Crippen LogP contribution in [0.25, 0.3) is 0 Å². The first-order chi connectivity index (χ1) is 11.2. The van der Waals surface area contributed by atoms with Crippen molar-refractivity contribution in [2.45, 2.75) is 23.5 Å². The van der Waals surface area contributed by atoms with Crippen LogP contribution in [0.3, 0.4) is 0 Å². The normalized spacial score (nSPS) is 20.0. The molecule has 1 aliphatic rings. The number of rotatable bonds is 4. The van der Waals surface area contributed by atoms with E-state index in [4.69, 9.17) is 4.42 Å². The zero-order valence-corrected chi connectivity index (χ0v) is 14.3. The van der Waals surface area contributed by atoms with Crippen molar-refractivity contribution in [3.8, 4) is 0 Å². The number of hydrogen-bond donors (Lipinski definition) is 1. The Kier molecular flexibility index (Phi) is 4.01. The van der Waals surface area contributed by atoms with Gasteiger partial charge in [-0.3, -0.25) is 4.79 Å². The molecule has 1 amide bonds. The smallest absolute Gasteiger partial charge is 0.289 e. The van der Waals surface area contributed by atoms with E-state index in [2.05, 4.69) is 0 Å². The minimum atomic E-state index is -3.50. The van der Waals surface area contributed by atoms with Gasteiger partial charge in [0.05, 0.1) is 6.54 Å². The molecule has 24 heavy (non-hydrogen) atoms. The number of aryl methyl sites for hydroxylation is 1. The lowest BCUT2D eigenvalue weighted by Gasteiger charge is -2.29. The summed E-state index contributed by atoms with van der Waals surface area (Å²) in [6.45, 7) is 0.109. The van der Waals surface area contributed by atoms with Crippen LogP contribution in [0.4, 0.5) is 0 Å². The van der Waals surface area contributed by atoms with Crippen molar-refractivity contribution in [1.29, 1.82) is 0 Å². The van der Waals surface area contributed by atoms with Gasteiger partial charge in [0.15, 0.2) is 5.76 Å². The average Bonchev–Trinajstić information content (AvgIpc) is 3.13. The highest BCUT2D eigenvalue weighted by molar-refractivity contribution is 7.90. The molecule has 1 unspecified atom stereocenters. The van der Waals surface area contributed by atoms with Gasteiger partial charge in [0.2, 0.25) is 14.9 Å². The van der Waals surface area contributed by atoms with E-state index in [9.17, 15) is 18.3 Å². The fourth-order valence-corrected chi connectivity index (χ4v) is 3.68. The van der Waals surface area contributed by atoms with Crippen LogP contribution < -0.4 is 0 Å². The predicted octanol–water partition coefficient (Wildman–Crippen LogP) is 1.59. The standard InChI is InChI=1S/C17H19NO5S/c1-18(16(19)14-7-8-15(23-14)24(2,21)22)11-17(20)10-9-12-5-3-4-6-13(12)17/h3-8,20H,9-11H2,1-2H3. The van der Waals surface area contributed by atoms with Crippen LogP contribution in [0.5, 0.6) is 0 Å². The molecule has 7 heteroatoms. The Morgan fingerprint density at radius 3 is 2.67 bits per heavy atom. The third kappa shape index (κ3) is 2.97. The zero-order valence-electron chi connectivity index (χ0n) is 13.5. The lowest BCUT2D eigenvalue weighted by atomic mass is 9.95. The molecule has 1 aromatic carbocycles. The van der Waals surface area contributed by atoms with Gasteiger partial charge < -0.3 is 14.4 Å². The number of furan rings is 1. The minimum absolute atomic E-state index is 0.0622. The molecule has 3 rings (SSSR count). The molecule has 0 saturated heterocycles. The first-order valence-corrected chi connectivity index (χ1v) is 9.46. The van der Waals surface area contributed by atoms with Crippen LogP contribution in [-0.2, 0) is 21.9 Å². The summed E-state index contributed by atoms with van der Waals surface area (Å²) in [6, 6.07) is 10.2. The predicted molar refractivity (Wildman–Crippen MR) is 87.4 cm³/mol. The number of hydrogen-bond acceptors (Lipinski definition) is 5. The summed E-state index contributed by atoms with van der Waals surface area (Å²) in [5.41, 5.74) is 0.812. The molecule has 1 aliphatic carbocycles. The molecule has 1 N–H and O–H groups in total. The van der Waals surface area contributed by atoms with Crippen LogP contribution in [0.15, 0.2) is 45.9 Å². The van der Waals surface area contributed by atoms with Crippen molar-refractivity contribution in [3.63, 3.8) is 0 Å². The number of aliphatic hydroxyl groups is 1. The van der Waals surface area contributed by atoms with Crippen molar-refractivity contribution in [3.05, 3.63) is 53.3 Å². The third-order valence-electron chi connectivity index (χ3n) is 4.33. The number of amides is 1. The van der Waals surface area contributed by atoms with E-state index in [1.807, 2.05) is 24.3 Å². The molecule has 128 valence electrons. The van der Waals surface area contributed by atoms with Gasteiger partial charge >= 0.3 is 0 Å². The van der Waals surface area contributed by atoms with Crippen LogP contribution in [-0.4, -0.2) is 44.2 Å². The van der Waals surface area contributed by atoms with Crippen LogP contribution >= 0.6 is 0 Å². The first-order valence-electron chi connectivity index (χ1n) is 7.57. The summed E-state index contributed by atoms with van der Waals surface area (Å²) in [4.78, 5) is 13.8. The van der Waals surface area contributed by atoms with Crippen molar-refractivity contribution >= 4 is 15.7 Å². The molecular weight excluding hydrogens is 330 g/mol. The highest BCUT2D eigenvalue weighted by Gasteiger charge is 2.38. The summed E-state index contributed by atoms with van der Waals surface area (Å²) < 4.78 is 28.0. The quantitative estimate of drug-likeness (QED) is 0.906. The second kappa shape index (κ2) is 5.75. The van der Waals surface area contributed by atoms with Crippen LogP contribution in [0.1, 0.15) is 28.1 Å². The molecule has 0 saturated carbocycles. The van der Waals surface area contributed by atoms with E-state index in [0.717, 1.165) is 23.8 Å². The van der Waals surface area contributed by atoms with E-state index < -0.39 is 21.3 Å². The van der Waals surface area contributed by atoms with Crippen molar-refractivity contribution in [2.75, 3.05) is 19.8 Å². The minimum Gasteiger partial charge on any atom is -0.440 e. The summed E-state index contributed by atoms with van der Waals surface area (Å²) in [6.07, 6.45) is 2.31. The lowest BCUT2D eigenvalue weighted by molar-refractivity contribution is 0.00700. The topological polar surface area (TPSA) is 87.8 Å².